The smallest absolute Gasteiger partial charge is 0.128 e. The van der Waals surface area contributed by atoms with Gasteiger partial charge in [0.1, 0.15) is 18.0 Å². The van der Waals surface area contributed by atoms with E-state index in [9.17, 15) is 0 Å². The molecule has 1 aliphatic rings. The summed E-state index contributed by atoms with van der Waals surface area (Å²) >= 11 is 3.44. The van der Waals surface area contributed by atoms with E-state index in [1.165, 1.54) is 0 Å². The maximum absolute atomic E-state index is 8.82. The van der Waals surface area contributed by atoms with Gasteiger partial charge >= 0.3 is 0 Å². The Morgan fingerprint density at radius 1 is 1.24 bits per heavy atom. The van der Waals surface area contributed by atoms with Gasteiger partial charge in [-0.2, -0.15) is 5.26 Å². The monoisotopic (exact) mass is 343 g/mol. The van der Waals surface area contributed by atoms with E-state index < -0.39 is 0 Å². The van der Waals surface area contributed by atoms with Gasteiger partial charge in [0.05, 0.1) is 12.2 Å². The van der Waals surface area contributed by atoms with Crippen LogP contribution in [-0.2, 0) is 4.74 Å². The van der Waals surface area contributed by atoms with Crippen molar-refractivity contribution in [2.45, 2.75) is 6.10 Å². The highest BCUT2D eigenvalue weighted by Gasteiger charge is 2.22. The Morgan fingerprint density at radius 3 is 2.71 bits per heavy atom. The van der Waals surface area contributed by atoms with E-state index >= 15 is 0 Å². The summed E-state index contributed by atoms with van der Waals surface area (Å²) in [6, 6.07) is 14.0. The Balaban J connectivity index is 1.76. The number of nitriles is 1. The average Bonchev–Trinajstić information content (AvgIpc) is 2.56. The van der Waals surface area contributed by atoms with Crippen LogP contribution in [0.1, 0.15) is 17.2 Å². The maximum atomic E-state index is 8.82. The van der Waals surface area contributed by atoms with Gasteiger partial charge in [-0.1, -0.05) is 28.1 Å². The van der Waals surface area contributed by atoms with Crippen LogP contribution in [0, 0.1) is 11.3 Å². The predicted molar refractivity (Wildman–Crippen MR) is 84.0 cm³/mol. The van der Waals surface area contributed by atoms with Crippen LogP contribution in [0.25, 0.3) is 0 Å². The molecular formula is C16H14BrN3O. The lowest BCUT2D eigenvalue weighted by atomic mass is 10.1. The molecule has 1 aromatic carbocycles. The maximum Gasteiger partial charge on any atom is 0.128 e. The van der Waals surface area contributed by atoms with Crippen LogP contribution in [0.15, 0.2) is 47.1 Å². The first-order chi connectivity index (χ1) is 10.3. The number of aromatic nitrogens is 1. The number of anilines is 1. The van der Waals surface area contributed by atoms with E-state index in [-0.39, 0.29) is 6.10 Å². The van der Waals surface area contributed by atoms with Gasteiger partial charge in [0, 0.05) is 23.8 Å². The van der Waals surface area contributed by atoms with Crippen LogP contribution in [0.2, 0.25) is 0 Å². The molecule has 5 heteroatoms. The lowest BCUT2D eigenvalue weighted by molar-refractivity contribution is 0.0395. The summed E-state index contributed by atoms with van der Waals surface area (Å²) in [5, 5.41) is 8.82. The van der Waals surface area contributed by atoms with Gasteiger partial charge < -0.3 is 9.64 Å². The Labute approximate surface area is 132 Å². The highest BCUT2D eigenvalue weighted by Crippen LogP contribution is 2.26. The lowest BCUT2D eigenvalue weighted by Crippen LogP contribution is -2.38. The Morgan fingerprint density at radius 2 is 2.05 bits per heavy atom. The molecule has 1 atom stereocenters. The van der Waals surface area contributed by atoms with E-state index in [1.54, 1.807) is 12.3 Å². The second kappa shape index (κ2) is 6.25. The molecule has 3 rings (SSSR count). The minimum Gasteiger partial charge on any atom is -0.370 e. The van der Waals surface area contributed by atoms with Gasteiger partial charge in [0.2, 0.25) is 0 Å². The van der Waals surface area contributed by atoms with Gasteiger partial charge in [-0.05, 0) is 29.8 Å². The first-order valence-corrected chi connectivity index (χ1v) is 7.54. The summed E-state index contributed by atoms with van der Waals surface area (Å²) in [7, 11) is 0. The molecule has 0 spiro atoms. The standard InChI is InChI=1S/C16H14BrN3O/c17-14-4-2-13(3-5-14)15-11-20(7-8-21-15)16-6-1-12(9-18)10-19-16/h1-6,10,15H,7-8,11H2/t15-/m0/s1. The van der Waals surface area contributed by atoms with Gasteiger partial charge in [0.15, 0.2) is 0 Å². The molecule has 2 heterocycles. The van der Waals surface area contributed by atoms with Crippen molar-refractivity contribution >= 4 is 21.7 Å². The van der Waals surface area contributed by atoms with Gasteiger partial charge in [0.25, 0.3) is 0 Å². The summed E-state index contributed by atoms with van der Waals surface area (Å²) < 4.78 is 6.93. The van der Waals surface area contributed by atoms with Crippen LogP contribution >= 0.6 is 15.9 Å². The van der Waals surface area contributed by atoms with E-state index in [0.29, 0.717) is 12.2 Å². The summed E-state index contributed by atoms with van der Waals surface area (Å²) in [6.45, 7) is 2.24. The molecule has 4 nitrogen and oxygen atoms in total. The molecule has 0 unspecified atom stereocenters. The quantitative estimate of drug-likeness (QED) is 0.839. The van der Waals surface area contributed by atoms with E-state index in [0.717, 1.165) is 28.9 Å². The second-order valence-corrected chi connectivity index (χ2v) is 5.79. The number of pyridine rings is 1. The van der Waals surface area contributed by atoms with Crippen molar-refractivity contribution in [2.75, 3.05) is 24.6 Å². The van der Waals surface area contributed by atoms with Crippen molar-refractivity contribution in [1.82, 2.24) is 4.98 Å². The fourth-order valence-electron chi connectivity index (χ4n) is 2.38. The van der Waals surface area contributed by atoms with Gasteiger partial charge in [-0.3, -0.25) is 0 Å². The van der Waals surface area contributed by atoms with E-state index in [4.69, 9.17) is 10.00 Å². The number of morpholine rings is 1. The molecule has 2 aromatic rings. The zero-order chi connectivity index (χ0) is 14.7. The zero-order valence-corrected chi connectivity index (χ0v) is 13.0. The van der Waals surface area contributed by atoms with Crippen molar-refractivity contribution in [3.8, 4) is 6.07 Å². The van der Waals surface area contributed by atoms with Gasteiger partial charge in [-0.25, -0.2) is 4.98 Å². The van der Waals surface area contributed by atoms with Crippen molar-refractivity contribution in [2.24, 2.45) is 0 Å². The van der Waals surface area contributed by atoms with Crippen LogP contribution in [0.5, 0.6) is 0 Å². The largest absolute Gasteiger partial charge is 0.370 e. The number of hydrogen-bond acceptors (Lipinski definition) is 4. The third-order valence-electron chi connectivity index (χ3n) is 3.51. The first kappa shape index (κ1) is 14.1. The molecular weight excluding hydrogens is 330 g/mol. The SMILES string of the molecule is N#Cc1ccc(N2CCO[C@H](c3ccc(Br)cc3)C2)nc1. The molecule has 0 N–H and O–H groups in total. The highest BCUT2D eigenvalue weighted by atomic mass is 79.9. The third-order valence-corrected chi connectivity index (χ3v) is 4.04. The zero-order valence-electron chi connectivity index (χ0n) is 11.4. The molecule has 106 valence electrons. The number of nitrogens with zero attached hydrogens (tertiary/aromatic N) is 3. The molecule has 0 radical (unpaired) electrons. The van der Waals surface area contributed by atoms with E-state index in [2.05, 4.69) is 44.0 Å². The average molecular weight is 344 g/mol. The normalized spacial score (nSPS) is 18.3. The van der Waals surface area contributed by atoms with Crippen LogP contribution in [0.3, 0.4) is 0 Å². The molecule has 0 amide bonds. The number of hydrogen-bond donors (Lipinski definition) is 0. The lowest BCUT2D eigenvalue weighted by Gasteiger charge is -2.34. The number of rotatable bonds is 2. The van der Waals surface area contributed by atoms with Crippen molar-refractivity contribution in [3.05, 3.63) is 58.2 Å². The van der Waals surface area contributed by atoms with Crippen LogP contribution < -0.4 is 4.90 Å². The van der Waals surface area contributed by atoms with Crippen LogP contribution in [-0.4, -0.2) is 24.7 Å². The molecule has 0 bridgehead atoms. The molecule has 0 saturated carbocycles. The number of halogens is 1. The molecule has 1 saturated heterocycles. The Bertz CT molecular complexity index is 649. The Kier molecular flexibility index (Phi) is 4.18. The summed E-state index contributed by atoms with van der Waals surface area (Å²) in [4.78, 5) is 6.55. The third kappa shape index (κ3) is 3.23. The van der Waals surface area contributed by atoms with Crippen molar-refractivity contribution < 1.29 is 4.74 Å². The minimum absolute atomic E-state index is 0.0456. The fourth-order valence-corrected chi connectivity index (χ4v) is 2.64. The van der Waals surface area contributed by atoms with Gasteiger partial charge in [-0.15, -0.1) is 0 Å². The second-order valence-electron chi connectivity index (χ2n) is 4.87. The first-order valence-electron chi connectivity index (χ1n) is 6.74. The fraction of sp³-hybridized carbons (Fsp3) is 0.250. The predicted octanol–water partition coefficient (Wildman–Crippen LogP) is 3.29. The molecule has 0 aliphatic carbocycles. The summed E-state index contributed by atoms with van der Waals surface area (Å²) in [5.74, 6) is 0.888. The minimum atomic E-state index is 0.0456. The topological polar surface area (TPSA) is 49.2 Å². The van der Waals surface area contributed by atoms with E-state index in [1.807, 2.05) is 18.2 Å². The van der Waals surface area contributed by atoms with Crippen molar-refractivity contribution in [3.63, 3.8) is 0 Å². The molecule has 21 heavy (non-hydrogen) atoms. The van der Waals surface area contributed by atoms with Crippen molar-refractivity contribution in [1.29, 1.82) is 5.26 Å². The van der Waals surface area contributed by atoms with Crippen LogP contribution in [0.4, 0.5) is 5.82 Å². The molecule has 1 fully saturated rings. The molecule has 1 aliphatic heterocycles. The molecule has 1 aromatic heterocycles. The number of benzene rings is 1. The Hall–Kier alpha value is -1.90. The highest BCUT2D eigenvalue weighted by molar-refractivity contribution is 9.10. The summed E-state index contributed by atoms with van der Waals surface area (Å²) in [6.07, 6.45) is 1.66. The number of ether oxygens (including phenoxy) is 1. The summed E-state index contributed by atoms with van der Waals surface area (Å²) in [5.41, 5.74) is 1.74.